The molecule has 1 heterocycles. The fourth-order valence-electron chi connectivity index (χ4n) is 2.76. The second kappa shape index (κ2) is 9.11. The molecule has 1 amide bonds. The van der Waals surface area contributed by atoms with Gasteiger partial charge in [-0.3, -0.25) is 4.79 Å². The SMILES string of the molecule is CCCCC(CN)NC(=O)c1cc(C)n(C(C)C)c1C.Cl. The predicted molar refractivity (Wildman–Crippen MR) is 91.4 cm³/mol. The first-order valence-electron chi connectivity index (χ1n) is 7.61. The van der Waals surface area contributed by atoms with Crippen LogP contribution in [-0.2, 0) is 0 Å². The van der Waals surface area contributed by atoms with Gasteiger partial charge in [-0.05, 0) is 40.2 Å². The number of hydrogen-bond donors (Lipinski definition) is 2. The standard InChI is InChI=1S/C16H29N3O.ClH/c1-6-7-8-14(10-17)18-16(20)15-9-12(4)19(11(2)3)13(15)5;/h9,11,14H,6-8,10,17H2,1-5H3,(H,18,20);1H. The van der Waals surface area contributed by atoms with Crippen LogP contribution in [0.15, 0.2) is 6.07 Å². The molecule has 122 valence electrons. The molecule has 0 aliphatic carbocycles. The monoisotopic (exact) mass is 315 g/mol. The van der Waals surface area contributed by atoms with Gasteiger partial charge in [-0.15, -0.1) is 12.4 Å². The summed E-state index contributed by atoms with van der Waals surface area (Å²) in [5.74, 6) is -0.00319. The number of rotatable bonds is 7. The van der Waals surface area contributed by atoms with E-state index in [-0.39, 0.29) is 24.4 Å². The molecule has 1 rings (SSSR count). The molecule has 5 heteroatoms. The minimum atomic E-state index is -0.00319. The number of hydrogen-bond acceptors (Lipinski definition) is 2. The fourth-order valence-corrected chi connectivity index (χ4v) is 2.76. The summed E-state index contributed by atoms with van der Waals surface area (Å²) in [6, 6.07) is 2.41. The molecular formula is C16H30ClN3O. The van der Waals surface area contributed by atoms with E-state index in [1.54, 1.807) is 0 Å². The van der Waals surface area contributed by atoms with Crippen LogP contribution < -0.4 is 11.1 Å². The number of aryl methyl sites for hydroxylation is 1. The van der Waals surface area contributed by atoms with Crippen molar-refractivity contribution < 1.29 is 4.79 Å². The van der Waals surface area contributed by atoms with Crippen LogP contribution in [0.2, 0.25) is 0 Å². The summed E-state index contributed by atoms with van der Waals surface area (Å²) in [4.78, 5) is 12.4. The number of carbonyl (C=O) groups is 1. The Morgan fingerprint density at radius 1 is 1.38 bits per heavy atom. The van der Waals surface area contributed by atoms with Gasteiger partial charge in [-0.25, -0.2) is 0 Å². The summed E-state index contributed by atoms with van der Waals surface area (Å²) in [5, 5.41) is 3.06. The lowest BCUT2D eigenvalue weighted by Crippen LogP contribution is -2.40. The van der Waals surface area contributed by atoms with Gasteiger partial charge in [0.15, 0.2) is 0 Å². The van der Waals surface area contributed by atoms with Gasteiger partial charge in [0.05, 0.1) is 5.56 Å². The number of aromatic nitrogens is 1. The van der Waals surface area contributed by atoms with Crippen LogP contribution in [0.4, 0.5) is 0 Å². The van der Waals surface area contributed by atoms with E-state index in [1.165, 1.54) is 0 Å². The van der Waals surface area contributed by atoms with Crippen LogP contribution in [0.1, 0.15) is 67.8 Å². The Bertz CT molecular complexity index is 455. The highest BCUT2D eigenvalue weighted by molar-refractivity contribution is 5.95. The summed E-state index contributed by atoms with van der Waals surface area (Å²) in [6.07, 6.45) is 3.16. The molecule has 21 heavy (non-hydrogen) atoms. The van der Waals surface area contributed by atoms with Crippen molar-refractivity contribution >= 4 is 18.3 Å². The fraction of sp³-hybridized carbons (Fsp3) is 0.688. The zero-order chi connectivity index (χ0) is 15.3. The van der Waals surface area contributed by atoms with Crippen molar-refractivity contribution in [3.8, 4) is 0 Å². The first kappa shape index (κ1) is 20.0. The van der Waals surface area contributed by atoms with Crippen molar-refractivity contribution in [1.29, 1.82) is 0 Å². The van der Waals surface area contributed by atoms with Crippen LogP contribution in [-0.4, -0.2) is 23.1 Å². The van der Waals surface area contributed by atoms with Crippen molar-refractivity contribution in [3.05, 3.63) is 23.0 Å². The second-order valence-corrected chi connectivity index (χ2v) is 5.80. The maximum atomic E-state index is 12.4. The van der Waals surface area contributed by atoms with E-state index >= 15 is 0 Å². The summed E-state index contributed by atoms with van der Waals surface area (Å²) in [5.41, 5.74) is 8.67. The molecular weight excluding hydrogens is 286 g/mol. The minimum Gasteiger partial charge on any atom is -0.348 e. The van der Waals surface area contributed by atoms with E-state index in [2.05, 4.69) is 30.7 Å². The average molecular weight is 316 g/mol. The smallest absolute Gasteiger partial charge is 0.253 e. The first-order valence-corrected chi connectivity index (χ1v) is 7.61. The Balaban J connectivity index is 0.00000400. The molecule has 1 unspecified atom stereocenters. The molecule has 1 aromatic rings. The van der Waals surface area contributed by atoms with Crippen LogP contribution in [0, 0.1) is 13.8 Å². The number of nitrogens with one attached hydrogen (secondary N) is 1. The van der Waals surface area contributed by atoms with Crippen molar-refractivity contribution in [2.75, 3.05) is 6.54 Å². The molecule has 0 aromatic carbocycles. The average Bonchev–Trinajstić information content (AvgIpc) is 2.69. The van der Waals surface area contributed by atoms with Crippen molar-refractivity contribution in [2.45, 2.75) is 66.0 Å². The summed E-state index contributed by atoms with van der Waals surface area (Å²) < 4.78 is 2.19. The van der Waals surface area contributed by atoms with Gasteiger partial charge in [-0.1, -0.05) is 19.8 Å². The van der Waals surface area contributed by atoms with E-state index in [0.29, 0.717) is 12.6 Å². The van der Waals surface area contributed by atoms with Crippen molar-refractivity contribution in [2.24, 2.45) is 5.73 Å². The molecule has 0 spiro atoms. The van der Waals surface area contributed by atoms with Crippen molar-refractivity contribution in [3.63, 3.8) is 0 Å². The van der Waals surface area contributed by atoms with Crippen LogP contribution >= 0.6 is 12.4 Å². The maximum absolute atomic E-state index is 12.4. The number of amides is 1. The third kappa shape index (κ3) is 5.04. The lowest BCUT2D eigenvalue weighted by atomic mass is 10.1. The molecule has 0 radical (unpaired) electrons. The molecule has 3 N–H and O–H groups in total. The first-order chi connectivity index (χ1) is 9.42. The lowest BCUT2D eigenvalue weighted by Gasteiger charge is -2.17. The third-order valence-electron chi connectivity index (χ3n) is 3.77. The Hall–Kier alpha value is -1.00. The van der Waals surface area contributed by atoms with Gasteiger partial charge in [0.2, 0.25) is 0 Å². The van der Waals surface area contributed by atoms with Gasteiger partial charge in [-0.2, -0.15) is 0 Å². The van der Waals surface area contributed by atoms with Gasteiger partial charge in [0.1, 0.15) is 0 Å². The van der Waals surface area contributed by atoms with Crippen LogP contribution in [0.3, 0.4) is 0 Å². The zero-order valence-electron chi connectivity index (χ0n) is 13.9. The summed E-state index contributed by atoms with van der Waals surface area (Å²) in [6.45, 7) is 10.9. The molecule has 0 saturated heterocycles. The molecule has 0 aliphatic heterocycles. The normalized spacial score (nSPS) is 12.1. The van der Waals surface area contributed by atoms with Crippen LogP contribution in [0.5, 0.6) is 0 Å². The largest absolute Gasteiger partial charge is 0.348 e. The molecule has 0 fully saturated rings. The van der Waals surface area contributed by atoms with Gasteiger partial charge < -0.3 is 15.6 Å². The van der Waals surface area contributed by atoms with E-state index < -0.39 is 0 Å². The number of nitrogens with two attached hydrogens (primary N) is 1. The van der Waals surface area contributed by atoms with E-state index in [9.17, 15) is 4.79 Å². The highest BCUT2D eigenvalue weighted by atomic mass is 35.5. The molecule has 0 aliphatic rings. The number of nitrogens with zero attached hydrogens (tertiary/aromatic N) is 1. The van der Waals surface area contributed by atoms with Gasteiger partial charge in [0.25, 0.3) is 5.91 Å². The Morgan fingerprint density at radius 3 is 2.43 bits per heavy atom. The molecule has 1 atom stereocenters. The van der Waals surface area contributed by atoms with Gasteiger partial charge in [0, 0.05) is 30.0 Å². The summed E-state index contributed by atoms with van der Waals surface area (Å²) >= 11 is 0. The summed E-state index contributed by atoms with van der Waals surface area (Å²) in [7, 11) is 0. The second-order valence-electron chi connectivity index (χ2n) is 5.80. The quantitative estimate of drug-likeness (QED) is 0.810. The maximum Gasteiger partial charge on any atom is 0.253 e. The topological polar surface area (TPSA) is 60.0 Å². The van der Waals surface area contributed by atoms with E-state index in [4.69, 9.17) is 5.73 Å². The molecule has 1 aromatic heterocycles. The Morgan fingerprint density at radius 2 is 2.00 bits per heavy atom. The predicted octanol–water partition coefficient (Wildman–Crippen LogP) is 3.35. The molecule has 0 bridgehead atoms. The third-order valence-corrected chi connectivity index (χ3v) is 3.77. The highest BCUT2D eigenvalue weighted by Gasteiger charge is 2.19. The van der Waals surface area contributed by atoms with Crippen molar-refractivity contribution in [1.82, 2.24) is 9.88 Å². The van der Waals surface area contributed by atoms with E-state index in [1.807, 2.05) is 19.9 Å². The number of carbonyl (C=O) groups excluding carboxylic acids is 1. The Labute approximate surface area is 134 Å². The minimum absolute atomic E-state index is 0. The lowest BCUT2D eigenvalue weighted by molar-refractivity contribution is 0.0935. The zero-order valence-corrected chi connectivity index (χ0v) is 14.7. The van der Waals surface area contributed by atoms with Crippen LogP contribution in [0.25, 0.3) is 0 Å². The Kier molecular flexibility index (Phi) is 8.67. The van der Waals surface area contributed by atoms with Gasteiger partial charge >= 0.3 is 0 Å². The molecule has 4 nitrogen and oxygen atoms in total. The molecule has 0 saturated carbocycles. The number of unbranched alkanes of at least 4 members (excludes halogenated alkanes) is 1. The number of halogens is 1. The highest BCUT2D eigenvalue weighted by Crippen LogP contribution is 2.20. The van der Waals surface area contributed by atoms with E-state index in [0.717, 1.165) is 36.2 Å².